The van der Waals surface area contributed by atoms with Crippen LogP contribution in [0.4, 0.5) is 13.2 Å². The van der Waals surface area contributed by atoms with Gasteiger partial charge in [0.15, 0.2) is 0 Å². The molecule has 6 heteroatoms. The Morgan fingerprint density at radius 2 is 2.04 bits per heavy atom. The van der Waals surface area contributed by atoms with Crippen molar-refractivity contribution in [2.45, 2.75) is 32.0 Å². The third kappa shape index (κ3) is 3.47. The van der Waals surface area contributed by atoms with Crippen LogP contribution in [0.5, 0.6) is 0 Å². The maximum absolute atomic E-state index is 12.8. The minimum atomic E-state index is -4.41. The van der Waals surface area contributed by atoms with E-state index in [4.69, 9.17) is 0 Å². The first-order chi connectivity index (χ1) is 11.3. The predicted molar refractivity (Wildman–Crippen MR) is 83.0 cm³/mol. The SMILES string of the molecule is C=C1CN(Cc2cccc(C(F)(F)F)c2)C(C(=O)O)=C1CC1CC1. The van der Waals surface area contributed by atoms with Crippen molar-refractivity contribution in [3.05, 3.63) is 58.8 Å². The Morgan fingerprint density at radius 3 is 2.62 bits per heavy atom. The lowest BCUT2D eigenvalue weighted by molar-refractivity contribution is -0.138. The number of hydrogen-bond donors (Lipinski definition) is 1. The van der Waals surface area contributed by atoms with Gasteiger partial charge in [-0.1, -0.05) is 18.7 Å². The van der Waals surface area contributed by atoms with Crippen molar-refractivity contribution in [1.29, 1.82) is 0 Å². The maximum Gasteiger partial charge on any atom is 0.416 e. The van der Waals surface area contributed by atoms with Crippen LogP contribution < -0.4 is 0 Å². The summed E-state index contributed by atoms with van der Waals surface area (Å²) in [7, 11) is 0. The van der Waals surface area contributed by atoms with Crippen LogP contribution >= 0.6 is 0 Å². The van der Waals surface area contributed by atoms with E-state index in [1.54, 1.807) is 11.0 Å². The average molecular weight is 337 g/mol. The predicted octanol–water partition coefficient (Wildman–Crippen LogP) is 4.22. The van der Waals surface area contributed by atoms with Crippen molar-refractivity contribution in [1.82, 2.24) is 4.90 Å². The van der Waals surface area contributed by atoms with Crippen molar-refractivity contribution in [3.63, 3.8) is 0 Å². The van der Waals surface area contributed by atoms with E-state index in [0.717, 1.165) is 36.1 Å². The molecule has 0 aromatic heterocycles. The molecular weight excluding hydrogens is 319 g/mol. The summed E-state index contributed by atoms with van der Waals surface area (Å²) in [4.78, 5) is 13.3. The van der Waals surface area contributed by atoms with Crippen LogP contribution in [0.1, 0.15) is 30.4 Å². The third-order valence-electron chi connectivity index (χ3n) is 4.43. The Morgan fingerprint density at radius 1 is 1.33 bits per heavy atom. The third-order valence-corrected chi connectivity index (χ3v) is 4.43. The molecule has 1 saturated carbocycles. The van der Waals surface area contributed by atoms with Crippen LogP contribution in [0, 0.1) is 5.92 Å². The first-order valence-electron chi connectivity index (χ1n) is 7.81. The van der Waals surface area contributed by atoms with Crippen molar-refractivity contribution in [2.24, 2.45) is 5.92 Å². The largest absolute Gasteiger partial charge is 0.477 e. The number of aliphatic carboxylic acids is 1. The van der Waals surface area contributed by atoms with Gasteiger partial charge in [0.1, 0.15) is 5.70 Å². The Hall–Kier alpha value is -2.24. The Kier molecular flexibility index (Phi) is 4.15. The van der Waals surface area contributed by atoms with Crippen molar-refractivity contribution in [3.8, 4) is 0 Å². The van der Waals surface area contributed by atoms with Crippen LogP contribution in [-0.4, -0.2) is 22.5 Å². The second-order valence-electron chi connectivity index (χ2n) is 6.44. The van der Waals surface area contributed by atoms with E-state index in [9.17, 15) is 23.1 Å². The van der Waals surface area contributed by atoms with Crippen LogP contribution in [0.15, 0.2) is 47.7 Å². The Balaban J connectivity index is 1.85. The van der Waals surface area contributed by atoms with Gasteiger partial charge in [-0.15, -0.1) is 0 Å². The first kappa shape index (κ1) is 16.6. The molecule has 0 spiro atoms. The van der Waals surface area contributed by atoms with Crippen LogP contribution in [0.25, 0.3) is 0 Å². The molecule has 24 heavy (non-hydrogen) atoms. The zero-order valence-electron chi connectivity index (χ0n) is 13.1. The van der Waals surface area contributed by atoms with Gasteiger partial charge in [0, 0.05) is 13.1 Å². The zero-order chi connectivity index (χ0) is 17.5. The summed E-state index contributed by atoms with van der Waals surface area (Å²) in [5.74, 6) is -0.532. The number of halogens is 3. The summed E-state index contributed by atoms with van der Waals surface area (Å²) in [5, 5.41) is 9.55. The molecule has 1 aliphatic carbocycles. The molecule has 0 amide bonds. The number of hydrogen-bond acceptors (Lipinski definition) is 2. The van der Waals surface area contributed by atoms with E-state index in [2.05, 4.69) is 6.58 Å². The smallest absolute Gasteiger partial charge is 0.416 e. The summed E-state index contributed by atoms with van der Waals surface area (Å²) in [5.41, 5.74) is 1.40. The summed E-state index contributed by atoms with van der Waals surface area (Å²) in [6, 6.07) is 5.01. The van der Waals surface area contributed by atoms with Crippen LogP contribution in [0.3, 0.4) is 0 Å². The van der Waals surface area contributed by atoms with E-state index in [1.165, 1.54) is 6.07 Å². The number of carboxylic acids is 1. The first-order valence-corrected chi connectivity index (χ1v) is 7.81. The molecule has 1 aromatic carbocycles. The Bertz CT molecular complexity index is 717. The topological polar surface area (TPSA) is 40.5 Å². The van der Waals surface area contributed by atoms with Gasteiger partial charge in [0.2, 0.25) is 0 Å². The Labute approximate surface area is 138 Å². The second-order valence-corrected chi connectivity index (χ2v) is 6.44. The second kappa shape index (κ2) is 6.00. The van der Waals surface area contributed by atoms with E-state index in [1.807, 2.05) is 0 Å². The lowest BCUT2D eigenvalue weighted by Gasteiger charge is -2.20. The molecule has 1 fully saturated rings. The molecule has 1 aromatic rings. The van der Waals surface area contributed by atoms with Crippen molar-refractivity contribution in [2.75, 3.05) is 6.54 Å². The number of carboxylic acid groups (broad SMARTS) is 1. The molecule has 0 radical (unpaired) electrons. The number of alkyl halides is 3. The molecule has 3 nitrogen and oxygen atoms in total. The number of rotatable bonds is 5. The highest BCUT2D eigenvalue weighted by molar-refractivity contribution is 5.89. The highest BCUT2D eigenvalue weighted by atomic mass is 19.4. The number of benzene rings is 1. The number of nitrogens with zero attached hydrogens (tertiary/aromatic N) is 1. The molecule has 0 atom stereocenters. The van der Waals surface area contributed by atoms with Gasteiger partial charge in [-0.3, -0.25) is 0 Å². The molecule has 128 valence electrons. The standard InChI is InChI=1S/C18H18F3NO2/c1-11-9-22(16(17(23)24)15(11)8-12-5-6-12)10-13-3-2-4-14(7-13)18(19,20)21/h2-4,7,12H,1,5-6,8-10H2,(H,23,24). The van der Waals surface area contributed by atoms with Crippen LogP contribution in [0.2, 0.25) is 0 Å². The van der Waals surface area contributed by atoms with Gasteiger partial charge in [-0.05, 0) is 54.0 Å². The fourth-order valence-corrected chi connectivity index (χ4v) is 3.08. The lowest BCUT2D eigenvalue weighted by Crippen LogP contribution is -2.24. The molecule has 0 saturated heterocycles. The highest BCUT2D eigenvalue weighted by Gasteiger charge is 2.35. The van der Waals surface area contributed by atoms with Gasteiger partial charge in [-0.25, -0.2) is 4.79 Å². The van der Waals surface area contributed by atoms with Gasteiger partial charge in [0.25, 0.3) is 0 Å². The van der Waals surface area contributed by atoms with Gasteiger partial charge in [0.05, 0.1) is 5.56 Å². The fraction of sp³-hybridized carbons (Fsp3) is 0.389. The van der Waals surface area contributed by atoms with Crippen LogP contribution in [-0.2, 0) is 17.5 Å². The minimum absolute atomic E-state index is 0.124. The molecule has 1 N–H and O–H groups in total. The quantitative estimate of drug-likeness (QED) is 0.875. The van der Waals surface area contributed by atoms with Gasteiger partial charge >= 0.3 is 12.1 Å². The average Bonchev–Trinajstić information content (AvgIpc) is 3.24. The van der Waals surface area contributed by atoms with E-state index in [0.29, 0.717) is 24.4 Å². The van der Waals surface area contributed by atoms with Crippen molar-refractivity contribution >= 4 is 5.97 Å². The normalized spacial score (nSPS) is 18.5. The summed E-state index contributed by atoms with van der Waals surface area (Å²) in [6.07, 6.45) is -1.53. The lowest BCUT2D eigenvalue weighted by atomic mass is 10.0. The van der Waals surface area contributed by atoms with Gasteiger partial charge < -0.3 is 10.0 Å². The zero-order valence-corrected chi connectivity index (χ0v) is 13.1. The summed E-state index contributed by atoms with van der Waals surface area (Å²) in [6.45, 7) is 4.43. The molecular formula is C18H18F3NO2. The van der Waals surface area contributed by atoms with E-state index < -0.39 is 17.7 Å². The minimum Gasteiger partial charge on any atom is -0.477 e. The van der Waals surface area contributed by atoms with Gasteiger partial charge in [-0.2, -0.15) is 13.2 Å². The molecule has 2 aliphatic rings. The maximum atomic E-state index is 12.8. The van der Waals surface area contributed by atoms with E-state index >= 15 is 0 Å². The summed E-state index contributed by atoms with van der Waals surface area (Å²) >= 11 is 0. The van der Waals surface area contributed by atoms with Crippen molar-refractivity contribution < 1.29 is 23.1 Å². The molecule has 1 heterocycles. The monoisotopic (exact) mass is 337 g/mol. The molecule has 0 bridgehead atoms. The van der Waals surface area contributed by atoms with E-state index in [-0.39, 0.29) is 12.2 Å². The molecule has 1 aliphatic heterocycles. The number of carbonyl (C=O) groups is 1. The summed E-state index contributed by atoms with van der Waals surface area (Å²) < 4.78 is 38.5. The fourth-order valence-electron chi connectivity index (χ4n) is 3.08. The molecule has 3 rings (SSSR count). The molecule has 0 unspecified atom stereocenters. The highest BCUT2D eigenvalue weighted by Crippen LogP contribution is 2.41.